The van der Waals surface area contributed by atoms with Gasteiger partial charge in [-0.05, 0) is 24.3 Å². The lowest BCUT2D eigenvalue weighted by molar-refractivity contribution is 0.140. The fraction of sp³-hybridized carbons (Fsp3) is 0.400. The average Bonchev–Trinajstić information content (AvgIpc) is 2.56. The van der Waals surface area contributed by atoms with Gasteiger partial charge in [0.15, 0.2) is 0 Å². The van der Waals surface area contributed by atoms with E-state index in [0.717, 1.165) is 10.2 Å². The van der Waals surface area contributed by atoms with Crippen LogP contribution in [0, 0.1) is 0 Å². The standard InChI is InChI=1S/C10H12BrNO2/c11-7-1-3-8(4-2-7)14-10-6-13-5-9(10)12/h1-4,9-10H,5-6,12H2/t9-,10-/m0/s1. The maximum absolute atomic E-state index is 5.80. The van der Waals surface area contributed by atoms with Crippen LogP contribution in [0.5, 0.6) is 5.75 Å². The largest absolute Gasteiger partial charge is 0.486 e. The molecule has 1 aromatic carbocycles. The van der Waals surface area contributed by atoms with E-state index in [1.54, 1.807) is 0 Å². The Morgan fingerprint density at radius 1 is 1.29 bits per heavy atom. The maximum atomic E-state index is 5.80. The molecule has 0 aromatic heterocycles. The third kappa shape index (κ3) is 2.26. The first-order chi connectivity index (χ1) is 6.75. The summed E-state index contributed by atoms with van der Waals surface area (Å²) in [5.41, 5.74) is 5.80. The predicted molar refractivity (Wildman–Crippen MR) is 57.4 cm³/mol. The highest BCUT2D eigenvalue weighted by Crippen LogP contribution is 2.19. The van der Waals surface area contributed by atoms with Gasteiger partial charge in [-0.2, -0.15) is 0 Å². The first-order valence-corrected chi connectivity index (χ1v) is 5.30. The van der Waals surface area contributed by atoms with Crippen molar-refractivity contribution in [2.45, 2.75) is 12.1 Å². The summed E-state index contributed by atoms with van der Waals surface area (Å²) >= 11 is 3.37. The van der Waals surface area contributed by atoms with Gasteiger partial charge in [-0.15, -0.1) is 0 Å². The Bertz CT molecular complexity index is 301. The molecule has 2 rings (SSSR count). The van der Waals surface area contributed by atoms with Crippen LogP contribution in [0.2, 0.25) is 0 Å². The van der Waals surface area contributed by atoms with Crippen molar-refractivity contribution < 1.29 is 9.47 Å². The van der Waals surface area contributed by atoms with Crippen molar-refractivity contribution in [3.63, 3.8) is 0 Å². The third-order valence-electron chi connectivity index (χ3n) is 2.17. The van der Waals surface area contributed by atoms with Gasteiger partial charge in [-0.25, -0.2) is 0 Å². The lowest BCUT2D eigenvalue weighted by Crippen LogP contribution is -2.37. The highest BCUT2D eigenvalue weighted by Gasteiger charge is 2.26. The van der Waals surface area contributed by atoms with E-state index in [0.29, 0.717) is 13.2 Å². The van der Waals surface area contributed by atoms with E-state index in [-0.39, 0.29) is 12.1 Å². The molecule has 2 N–H and O–H groups in total. The van der Waals surface area contributed by atoms with Gasteiger partial charge in [0.25, 0.3) is 0 Å². The quantitative estimate of drug-likeness (QED) is 0.875. The van der Waals surface area contributed by atoms with Crippen LogP contribution in [0.15, 0.2) is 28.7 Å². The smallest absolute Gasteiger partial charge is 0.139 e. The van der Waals surface area contributed by atoms with Crippen LogP contribution in [0.4, 0.5) is 0 Å². The Morgan fingerprint density at radius 3 is 2.57 bits per heavy atom. The summed E-state index contributed by atoms with van der Waals surface area (Å²) < 4.78 is 11.9. The minimum Gasteiger partial charge on any atom is -0.486 e. The summed E-state index contributed by atoms with van der Waals surface area (Å²) in [6.45, 7) is 1.17. The van der Waals surface area contributed by atoms with Crippen molar-refractivity contribution in [1.29, 1.82) is 0 Å². The highest BCUT2D eigenvalue weighted by atomic mass is 79.9. The van der Waals surface area contributed by atoms with Gasteiger partial charge in [0.2, 0.25) is 0 Å². The Hall–Kier alpha value is -0.580. The van der Waals surface area contributed by atoms with E-state index >= 15 is 0 Å². The average molecular weight is 258 g/mol. The number of rotatable bonds is 2. The number of hydrogen-bond acceptors (Lipinski definition) is 3. The first kappa shape index (κ1) is 9.96. The molecule has 3 nitrogen and oxygen atoms in total. The van der Waals surface area contributed by atoms with Crippen molar-refractivity contribution in [3.8, 4) is 5.75 Å². The van der Waals surface area contributed by atoms with Gasteiger partial charge in [0.1, 0.15) is 11.9 Å². The van der Waals surface area contributed by atoms with Gasteiger partial charge in [0, 0.05) is 4.47 Å². The zero-order valence-corrected chi connectivity index (χ0v) is 9.24. The molecule has 4 heteroatoms. The molecule has 0 unspecified atom stereocenters. The van der Waals surface area contributed by atoms with E-state index in [4.69, 9.17) is 15.2 Å². The van der Waals surface area contributed by atoms with Crippen molar-refractivity contribution in [2.24, 2.45) is 5.73 Å². The number of benzene rings is 1. The Balaban J connectivity index is 2.00. The molecule has 0 bridgehead atoms. The fourth-order valence-electron chi connectivity index (χ4n) is 1.36. The Labute approximate surface area is 91.3 Å². The van der Waals surface area contributed by atoms with Crippen LogP contribution >= 0.6 is 15.9 Å². The Morgan fingerprint density at radius 2 is 2.00 bits per heavy atom. The zero-order chi connectivity index (χ0) is 9.97. The number of nitrogens with two attached hydrogens (primary N) is 1. The minimum absolute atomic E-state index is 0.0151. The van der Waals surface area contributed by atoms with Crippen LogP contribution in [0.3, 0.4) is 0 Å². The Kier molecular flexibility index (Phi) is 3.05. The van der Waals surface area contributed by atoms with Crippen molar-refractivity contribution in [2.75, 3.05) is 13.2 Å². The SMILES string of the molecule is N[C@H]1COC[C@@H]1Oc1ccc(Br)cc1. The van der Waals surface area contributed by atoms with E-state index in [1.165, 1.54) is 0 Å². The van der Waals surface area contributed by atoms with Gasteiger partial charge < -0.3 is 15.2 Å². The molecule has 2 atom stereocenters. The minimum atomic E-state index is -0.0174. The molecule has 0 spiro atoms. The van der Waals surface area contributed by atoms with E-state index < -0.39 is 0 Å². The second-order valence-electron chi connectivity index (χ2n) is 3.31. The monoisotopic (exact) mass is 257 g/mol. The molecule has 14 heavy (non-hydrogen) atoms. The first-order valence-electron chi connectivity index (χ1n) is 4.51. The number of hydrogen-bond donors (Lipinski definition) is 1. The molecule has 0 amide bonds. The van der Waals surface area contributed by atoms with Gasteiger partial charge in [-0.1, -0.05) is 15.9 Å². The highest BCUT2D eigenvalue weighted by molar-refractivity contribution is 9.10. The van der Waals surface area contributed by atoms with Crippen molar-refractivity contribution >= 4 is 15.9 Å². The molecule has 0 aliphatic carbocycles. The van der Waals surface area contributed by atoms with Crippen LogP contribution in [-0.4, -0.2) is 25.4 Å². The van der Waals surface area contributed by atoms with Crippen LogP contribution < -0.4 is 10.5 Å². The lowest BCUT2D eigenvalue weighted by atomic mass is 10.2. The van der Waals surface area contributed by atoms with Crippen LogP contribution in [0.1, 0.15) is 0 Å². The molecule has 1 aromatic rings. The summed E-state index contributed by atoms with van der Waals surface area (Å²) in [7, 11) is 0. The molecule has 1 saturated heterocycles. The summed E-state index contributed by atoms with van der Waals surface area (Å²) in [6.07, 6.45) is -0.0174. The zero-order valence-electron chi connectivity index (χ0n) is 7.65. The van der Waals surface area contributed by atoms with E-state index in [2.05, 4.69) is 15.9 Å². The van der Waals surface area contributed by atoms with E-state index in [9.17, 15) is 0 Å². The molecule has 76 valence electrons. The number of halogens is 1. The fourth-order valence-corrected chi connectivity index (χ4v) is 1.62. The molecule has 0 radical (unpaired) electrons. The summed E-state index contributed by atoms with van der Waals surface area (Å²) in [4.78, 5) is 0. The second-order valence-corrected chi connectivity index (χ2v) is 4.23. The lowest BCUT2D eigenvalue weighted by Gasteiger charge is -2.15. The van der Waals surface area contributed by atoms with Crippen LogP contribution in [-0.2, 0) is 4.74 Å². The molecular weight excluding hydrogens is 246 g/mol. The molecule has 1 aliphatic rings. The van der Waals surface area contributed by atoms with Crippen molar-refractivity contribution in [3.05, 3.63) is 28.7 Å². The normalized spacial score (nSPS) is 26.4. The second kappa shape index (κ2) is 4.29. The summed E-state index contributed by atoms with van der Waals surface area (Å²) in [5, 5.41) is 0. The topological polar surface area (TPSA) is 44.5 Å². The molecule has 1 heterocycles. The maximum Gasteiger partial charge on any atom is 0.139 e. The third-order valence-corrected chi connectivity index (χ3v) is 2.70. The number of ether oxygens (including phenoxy) is 2. The molecular formula is C10H12BrNO2. The molecule has 1 fully saturated rings. The van der Waals surface area contributed by atoms with Gasteiger partial charge >= 0.3 is 0 Å². The predicted octanol–water partition coefficient (Wildman–Crippen LogP) is 1.55. The van der Waals surface area contributed by atoms with E-state index in [1.807, 2.05) is 24.3 Å². The summed E-state index contributed by atoms with van der Waals surface area (Å²) in [5.74, 6) is 0.833. The van der Waals surface area contributed by atoms with Gasteiger partial charge in [0.05, 0.1) is 19.3 Å². The van der Waals surface area contributed by atoms with Gasteiger partial charge in [-0.3, -0.25) is 0 Å². The van der Waals surface area contributed by atoms with Crippen molar-refractivity contribution in [1.82, 2.24) is 0 Å². The molecule has 1 aliphatic heterocycles. The molecule has 0 saturated carbocycles. The van der Waals surface area contributed by atoms with Crippen LogP contribution in [0.25, 0.3) is 0 Å². The summed E-state index contributed by atoms with van der Waals surface area (Å²) in [6, 6.07) is 7.69.